The van der Waals surface area contributed by atoms with Gasteiger partial charge in [0.25, 0.3) is 0 Å². The molecule has 2 rings (SSSR count). The van der Waals surface area contributed by atoms with Gasteiger partial charge in [-0.05, 0) is 18.3 Å². The van der Waals surface area contributed by atoms with Gasteiger partial charge >= 0.3 is 0 Å². The number of hydrogen-bond acceptors (Lipinski definition) is 3. The standard InChI is InChI=1S/C14H21F2N3/c1-14(2)7-5-4-6-11(14)18-13-10(16)8-9(15)12(17-3)19-13/h8,11H,4-7H2,1-3H3,(H2,17,18,19). The fraction of sp³-hybridized carbons (Fsp3) is 0.643. The minimum absolute atomic E-state index is 0.0671. The number of nitrogens with one attached hydrogen (secondary N) is 2. The topological polar surface area (TPSA) is 37.0 Å². The fourth-order valence-corrected chi connectivity index (χ4v) is 2.67. The Bertz CT molecular complexity index is 460. The van der Waals surface area contributed by atoms with Gasteiger partial charge in [-0.1, -0.05) is 26.7 Å². The Labute approximate surface area is 112 Å². The van der Waals surface area contributed by atoms with Crippen LogP contribution in [0.5, 0.6) is 0 Å². The molecule has 1 saturated carbocycles. The van der Waals surface area contributed by atoms with Gasteiger partial charge in [0.15, 0.2) is 23.3 Å². The zero-order chi connectivity index (χ0) is 14.0. The van der Waals surface area contributed by atoms with Crippen LogP contribution in [0.15, 0.2) is 6.07 Å². The summed E-state index contributed by atoms with van der Waals surface area (Å²) in [7, 11) is 1.57. The molecule has 0 aliphatic heterocycles. The molecule has 1 atom stereocenters. The van der Waals surface area contributed by atoms with Crippen LogP contribution in [0, 0.1) is 17.0 Å². The van der Waals surface area contributed by atoms with Gasteiger partial charge in [-0.15, -0.1) is 0 Å². The number of rotatable bonds is 3. The summed E-state index contributed by atoms with van der Waals surface area (Å²) in [5.41, 5.74) is 0.0978. The lowest BCUT2D eigenvalue weighted by Gasteiger charge is -2.39. The molecule has 1 aliphatic rings. The average molecular weight is 269 g/mol. The maximum absolute atomic E-state index is 13.8. The van der Waals surface area contributed by atoms with Crippen LogP contribution < -0.4 is 10.6 Å². The first-order valence-electron chi connectivity index (χ1n) is 6.74. The molecule has 2 N–H and O–H groups in total. The quantitative estimate of drug-likeness (QED) is 0.876. The van der Waals surface area contributed by atoms with E-state index in [1.165, 1.54) is 6.42 Å². The first-order chi connectivity index (χ1) is 8.94. The lowest BCUT2D eigenvalue weighted by atomic mass is 9.73. The van der Waals surface area contributed by atoms with Gasteiger partial charge in [0.2, 0.25) is 0 Å². The van der Waals surface area contributed by atoms with Gasteiger partial charge in [-0.2, -0.15) is 0 Å². The summed E-state index contributed by atoms with van der Waals surface area (Å²) >= 11 is 0. The van der Waals surface area contributed by atoms with Crippen molar-refractivity contribution in [2.75, 3.05) is 17.7 Å². The highest BCUT2D eigenvalue weighted by atomic mass is 19.1. The third-order valence-corrected chi connectivity index (χ3v) is 3.98. The van der Waals surface area contributed by atoms with Crippen LogP contribution in [0.1, 0.15) is 39.5 Å². The molecular weight excluding hydrogens is 248 g/mol. The molecule has 0 aromatic carbocycles. The molecule has 0 saturated heterocycles. The second-order valence-electron chi connectivity index (χ2n) is 5.83. The molecule has 1 aliphatic carbocycles. The summed E-state index contributed by atoms with van der Waals surface area (Å²) in [6.07, 6.45) is 4.42. The lowest BCUT2D eigenvalue weighted by molar-refractivity contribution is 0.216. The minimum Gasteiger partial charge on any atom is -0.371 e. The number of pyridine rings is 1. The predicted molar refractivity (Wildman–Crippen MR) is 73.4 cm³/mol. The van der Waals surface area contributed by atoms with E-state index in [9.17, 15) is 8.78 Å². The Morgan fingerprint density at radius 3 is 2.53 bits per heavy atom. The van der Waals surface area contributed by atoms with Crippen molar-refractivity contribution in [2.45, 2.75) is 45.6 Å². The fourth-order valence-electron chi connectivity index (χ4n) is 2.67. The average Bonchev–Trinajstić information content (AvgIpc) is 2.34. The van der Waals surface area contributed by atoms with Crippen molar-refractivity contribution in [3.8, 4) is 0 Å². The first kappa shape index (κ1) is 14.0. The number of aromatic nitrogens is 1. The molecule has 0 bridgehead atoms. The van der Waals surface area contributed by atoms with Crippen molar-refractivity contribution < 1.29 is 8.78 Å². The summed E-state index contributed by atoms with van der Waals surface area (Å²) in [4.78, 5) is 3.98. The molecule has 1 aromatic rings. The zero-order valence-electron chi connectivity index (χ0n) is 11.7. The van der Waals surface area contributed by atoms with E-state index in [4.69, 9.17) is 0 Å². The van der Waals surface area contributed by atoms with Crippen molar-refractivity contribution in [3.63, 3.8) is 0 Å². The molecule has 1 fully saturated rings. The monoisotopic (exact) mass is 269 g/mol. The van der Waals surface area contributed by atoms with E-state index in [2.05, 4.69) is 29.5 Å². The summed E-state index contributed by atoms with van der Waals surface area (Å²) < 4.78 is 27.1. The normalized spacial score (nSPS) is 22.1. The Morgan fingerprint density at radius 2 is 1.89 bits per heavy atom. The molecule has 19 heavy (non-hydrogen) atoms. The van der Waals surface area contributed by atoms with E-state index in [0.717, 1.165) is 25.3 Å². The van der Waals surface area contributed by atoms with Crippen molar-refractivity contribution in [3.05, 3.63) is 17.7 Å². The molecule has 0 amide bonds. The van der Waals surface area contributed by atoms with Crippen molar-refractivity contribution in [1.29, 1.82) is 0 Å². The molecule has 0 radical (unpaired) electrons. The highest BCUT2D eigenvalue weighted by Gasteiger charge is 2.33. The molecule has 106 valence electrons. The molecule has 1 aromatic heterocycles. The van der Waals surface area contributed by atoms with Crippen molar-refractivity contribution >= 4 is 11.6 Å². The van der Waals surface area contributed by atoms with E-state index < -0.39 is 11.6 Å². The highest BCUT2D eigenvalue weighted by molar-refractivity contribution is 5.48. The van der Waals surface area contributed by atoms with Crippen LogP contribution >= 0.6 is 0 Å². The highest BCUT2D eigenvalue weighted by Crippen LogP contribution is 2.37. The Kier molecular flexibility index (Phi) is 3.92. The van der Waals surface area contributed by atoms with Gasteiger partial charge < -0.3 is 10.6 Å². The third-order valence-electron chi connectivity index (χ3n) is 3.98. The number of nitrogens with zero attached hydrogens (tertiary/aromatic N) is 1. The molecule has 5 heteroatoms. The zero-order valence-corrected chi connectivity index (χ0v) is 11.7. The smallest absolute Gasteiger partial charge is 0.168 e. The summed E-state index contributed by atoms with van der Waals surface area (Å²) in [6.45, 7) is 4.34. The Morgan fingerprint density at radius 1 is 1.21 bits per heavy atom. The van der Waals surface area contributed by atoms with Crippen molar-refractivity contribution in [2.24, 2.45) is 5.41 Å². The second-order valence-corrected chi connectivity index (χ2v) is 5.83. The molecule has 1 heterocycles. The minimum atomic E-state index is -0.673. The molecule has 3 nitrogen and oxygen atoms in total. The molecule has 1 unspecified atom stereocenters. The summed E-state index contributed by atoms with van der Waals surface area (Å²) in [5, 5.41) is 5.78. The van der Waals surface area contributed by atoms with Crippen LogP contribution in [0.3, 0.4) is 0 Å². The van der Waals surface area contributed by atoms with Gasteiger partial charge in [0, 0.05) is 19.2 Å². The second kappa shape index (κ2) is 5.31. The number of halogens is 2. The third kappa shape index (κ3) is 2.96. The van der Waals surface area contributed by atoms with E-state index in [1.54, 1.807) is 7.05 Å². The van der Waals surface area contributed by atoms with Gasteiger partial charge in [0.1, 0.15) is 0 Å². The van der Waals surface area contributed by atoms with Crippen LogP contribution in [-0.2, 0) is 0 Å². The van der Waals surface area contributed by atoms with Crippen LogP contribution in [0.4, 0.5) is 20.4 Å². The van der Waals surface area contributed by atoms with Gasteiger partial charge in [-0.25, -0.2) is 13.8 Å². The van der Waals surface area contributed by atoms with E-state index in [-0.39, 0.29) is 23.1 Å². The Hall–Kier alpha value is -1.39. The summed E-state index contributed by atoms with van der Waals surface area (Å²) in [5.74, 6) is -1.12. The predicted octanol–water partition coefficient (Wildman–Crippen LogP) is 3.78. The number of hydrogen-bond donors (Lipinski definition) is 2. The van der Waals surface area contributed by atoms with Gasteiger partial charge in [-0.3, -0.25) is 0 Å². The maximum Gasteiger partial charge on any atom is 0.168 e. The SMILES string of the molecule is CNc1nc(NC2CCCCC2(C)C)c(F)cc1F. The molecular formula is C14H21F2N3. The Balaban J connectivity index is 2.23. The summed E-state index contributed by atoms with van der Waals surface area (Å²) in [6, 6.07) is 1.04. The largest absolute Gasteiger partial charge is 0.371 e. The van der Waals surface area contributed by atoms with Crippen LogP contribution in [-0.4, -0.2) is 18.1 Å². The van der Waals surface area contributed by atoms with E-state index >= 15 is 0 Å². The number of anilines is 2. The first-order valence-corrected chi connectivity index (χ1v) is 6.74. The lowest BCUT2D eigenvalue weighted by Crippen LogP contribution is -2.39. The maximum atomic E-state index is 13.8. The van der Waals surface area contributed by atoms with Gasteiger partial charge in [0.05, 0.1) is 0 Å². The van der Waals surface area contributed by atoms with E-state index in [0.29, 0.717) is 0 Å². The van der Waals surface area contributed by atoms with Crippen molar-refractivity contribution in [1.82, 2.24) is 4.98 Å². The van der Waals surface area contributed by atoms with Crippen LogP contribution in [0.2, 0.25) is 0 Å². The molecule has 0 spiro atoms. The van der Waals surface area contributed by atoms with E-state index in [1.807, 2.05) is 0 Å². The van der Waals surface area contributed by atoms with Crippen LogP contribution in [0.25, 0.3) is 0 Å².